The third kappa shape index (κ3) is 2.58. The zero-order valence-electron chi connectivity index (χ0n) is 11.0. The van der Waals surface area contributed by atoms with Crippen LogP contribution in [0.3, 0.4) is 0 Å². The van der Waals surface area contributed by atoms with Gasteiger partial charge in [-0.05, 0) is 31.5 Å². The summed E-state index contributed by atoms with van der Waals surface area (Å²) in [6.45, 7) is 3.76. The molecule has 6 heteroatoms. The molecule has 2 rings (SSSR count). The number of hydrogen-bond donors (Lipinski definition) is 1. The Labute approximate surface area is 128 Å². The van der Waals surface area contributed by atoms with E-state index < -0.39 is 5.97 Å². The van der Waals surface area contributed by atoms with Crippen molar-refractivity contribution in [3.8, 4) is 10.4 Å². The van der Waals surface area contributed by atoms with Crippen LogP contribution in [-0.2, 0) is 4.74 Å². The lowest BCUT2D eigenvalue weighted by Gasteiger charge is -2.04. The van der Waals surface area contributed by atoms with Crippen molar-refractivity contribution >= 4 is 38.9 Å². The first-order valence-corrected chi connectivity index (χ1v) is 7.58. The number of esters is 1. The van der Waals surface area contributed by atoms with E-state index >= 15 is 0 Å². The molecule has 0 fully saturated rings. The van der Waals surface area contributed by atoms with E-state index in [1.807, 2.05) is 0 Å². The van der Waals surface area contributed by atoms with Crippen molar-refractivity contribution in [2.45, 2.75) is 13.8 Å². The zero-order chi connectivity index (χ0) is 14.9. The molecule has 20 heavy (non-hydrogen) atoms. The summed E-state index contributed by atoms with van der Waals surface area (Å²) in [6.07, 6.45) is 0. The summed E-state index contributed by atoms with van der Waals surface area (Å²) >= 11 is 4.48. The van der Waals surface area contributed by atoms with E-state index in [2.05, 4.69) is 15.9 Å². The van der Waals surface area contributed by atoms with Gasteiger partial charge in [0.05, 0.1) is 12.3 Å². The fraction of sp³-hybridized carbons (Fsp3) is 0.214. The van der Waals surface area contributed by atoms with Crippen LogP contribution < -0.4 is 5.73 Å². The number of carbonyl (C=O) groups excluding carboxylic acids is 1. The number of thiophene rings is 1. The van der Waals surface area contributed by atoms with Crippen LogP contribution in [0.15, 0.2) is 22.7 Å². The van der Waals surface area contributed by atoms with Crippen molar-refractivity contribution < 1.29 is 13.9 Å². The Balaban J connectivity index is 2.60. The minimum atomic E-state index is -0.475. The van der Waals surface area contributed by atoms with Crippen LogP contribution in [0.5, 0.6) is 0 Å². The van der Waals surface area contributed by atoms with E-state index in [1.54, 1.807) is 26.0 Å². The minimum absolute atomic E-state index is 0.272. The van der Waals surface area contributed by atoms with E-state index in [9.17, 15) is 9.18 Å². The molecule has 106 valence electrons. The van der Waals surface area contributed by atoms with E-state index in [1.165, 1.54) is 6.07 Å². The second-order valence-electron chi connectivity index (χ2n) is 4.12. The van der Waals surface area contributed by atoms with Gasteiger partial charge < -0.3 is 10.5 Å². The highest BCUT2D eigenvalue weighted by Gasteiger charge is 2.23. The lowest BCUT2D eigenvalue weighted by Crippen LogP contribution is -2.05. The second-order valence-corrected chi connectivity index (χ2v) is 5.99. The summed E-state index contributed by atoms with van der Waals surface area (Å²) in [7, 11) is 0. The van der Waals surface area contributed by atoms with Crippen LogP contribution in [0.25, 0.3) is 10.4 Å². The number of rotatable bonds is 3. The maximum absolute atomic E-state index is 14.0. The average Bonchev–Trinajstić information content (AvgIpc) is 2.68. The summed E-state index contributed by atoms with van der Waals surface area (Å²) < 4.78 is 19.6. The van der Waals surface area contributed by atoms with Crippen molar-refractivity contribution in [1.82, 2.24) is 0 Å². The fourth-order valence-corrected chi connectivity index (χ4v) is 3.68. The van der Waals surface area contributed by atoms with Gasteiger partial charge in [-0.3, -0.25) is 0 Å². The number of benzene rings is 1. The molecule has 1 aromatic heterocycles. The topological polar surface area (TPSA) is 52.3 Å². The second kappa shape index (κ2) is 5.93. The molecule has 0 aliphatic rings. The van der Waals surface area contributed by atoms with Crippen LogP contribution in [0.1, 0.15) is 22.2 Å². The summed E-state index contributed by atoms with van der Waals surface area (Å²) in [5.74, 6) is -0.837. The maximum Gasteiger partial charge on any atom is 0.350 e. The van der Waals surface area contributed by atoms with Crippen LogP contribution in [0, 0.1) is 12.7 Å². The fourth-order valence-electron chi connectivity index (χ4n) is 1.83. The molecule has 0 unspecified atom stereocenters. The smallest absolute Gasteiger partial charge is 0.350 e. The van der Waals surface area contributed by atoms with Crippen LogP contribution in [-0.4, -0.2) is 12.6 Å². The van der Waals surface area contributed by atoms with Crippen LogP contribution >= 0.6 is 27.3 Å². The first-order chi connectivity index (χ1) is 9.47. The molecule has 0 saturated carbocycles. The van der Waals surface area contributed by atoms with Crippen molar-refractivity contribution in [3.05, 3.63) is 38.9 Å². The standard InChI is InChI=1S/C14H13BrFNO2S/c1-3-19-14(18)13-11(17)7(2)12(20-13)10-8(15)5-4-6-9(10)16/h4-6H,3,17H2,1-2H3. The molecular weight excluding hydrogens is 345 g/mol. The number of anilines is 1. The molecule has 0 radical (unpaired) electrons. The molecule has 0 aliphatic carbocycles. The van der Waals surface area contributed by atoms with Gasteiger partial charge in [0.1, 0.15) is 10.7 Å². The number of carbonyl (C=O) groups is 1. The summed E-state index contributed by atoms with van der Waals surface area (Å²) in [5.41, 5.74) is 7.39. The van der Waals surface area contributed by atoms with Crippen LogP contribution in [0.2, 0.25) is 0 Å². The van der Waals surface area contributed by atoms with Gasteiger partial charge in [0.2, 0.25) is 0 Å². The molecule has 3 nitrogen and oxygen atoms in total. The van der Waals surface area contributed by atoms with Crippen molar-refractivity contribution in [3.63, 3.8) is 0 Å². The Morgan fingerprint density at radius 1 is 1.50 bits per heavy atom. The predicted octanol–water partition coefficient (Wildman–Crippen LogP) is 4.38. The third-order valence-electron chi connectivity index (χ3n) is 2.84. The van der Waals surface area contributed by atoms with Gasteiger partial charge >= 0.3 is 5.97 Å². The molecule has 0 saturated heterocycles. The lowest BCUT2D eigenvalue weighted by atomic mass is 10.1. The SMILES string of the molecule is CCOC(=O)c1sc(-c2c(F)cccc2Br)c(C)c1N. The van der Waals surface area contributed by atoms with Gasteiger partial charge in [-0.2, -0.15) is 0 Å². The summed E-state index contributed by atoms with van der Waals surface area (Å²) in [4.78, 5) is 12.8. The predicted molar refractivity (Wildman–Crippen MR) is 82.5 cm³/mol. The van der Waals surface area contributed by atoms with Crippen molar-refractivity contribution in [1.29, 1.82) is 0 Å². The number of ether oxygens (including phenoxy) is 1. The highest BCUT2D eigenvalue weighted by atomic mass is 79.9. The molecule has 0 spiro atoms. The Bertz CT molecular complexity index is 649. The molecular formula is C14H13BrFNO2S. The van der Waals surface area contributed by atoms with Gasteiger partial charge in [0.25, 0.3) is 0 Å². The Kier molecular flexibility index (Phi) is 4.45. The largest absolute Gasteiger partial charge is 0.462 e. The van der Waals surface area contributed by atoms with E-state index in [0.717, 1.165) is 11.3 Å². The van der Waals surface area contributed by atoms with Gasteiger partial charge in [0.15, 0.2) is 0 Å². The first-order valence-electron chi connectivity index (χ1n) is 5.97. The number of nitrogens with two attached hydrogens (primary N) is 1. The molecule has 0 aliphatic heterocycles. The summed E-state index contributed by atoms with van der Waals surface area (Å²) in [5, 5.41) is 0. The molecule has 1 heterocycles. The molecule has 1 aromatic carbocycles. The quantitative estimate of drug-likeness (QED) is 0.829. The monoisotopic (exact) mass is 357 g/mol. The normalized spacial score (nSPS) is 10.6. The minimum Gasteiger partial charge on any atom is -0.462 e. The molecule has 2 aromatic rings. The Hall–Kier alpha value is -1.40. The van der Waals surface area contributed by atoms with E-state index in [0.29, 0.717) is 31.0 Å². The van der Waals surface area contributed by atoms with Crippen LogP contribution in [0.4, 0.5) is 10.1 Å². The van der Waals surface area contributed by atoms with Gasteiger partial charge in [-0.25, -0.2) is 9.18 Å². The summed E-state index contributed by atoms with van der Waals surface area (Å²) in [6, 6.07) is 4.73. The van der Waals surface area contributed by atoms with Gasteiger partial charge in [-0.1, -0.05) is 22.0 Å². The highest BCUT2D eigenvalue weighted by molar-refractivity contribution is 9.10. The molecule has 0 bridgehead atoms. The molecule has 0 atom stereocenters. The number of hydrogen-bond acceptors (Lipinski definition) is 4. The lowest BCUT2D eigenvalue weighted by molar-refractivity contribution is 0.0533. The first kappa shape index (κ1) is 15.0. The van der Waals surface area contributed by atoms with Crippen molar-refractivity contribution in [2.24, 2.45) is 0 Å². The van der Waals surface area contributed by atoms with Gasteiger partial charge in [0, 0.05) is 14.9 Å². The van der Waals surface area contributed by atoms with Crippen molar-refractivity contribution in [2.75, 3.05) is 12.3 Å². The maximum atomic E-state index is 14.0. The molecule has 2 N–H and O–H groups in total. The number of halogens is 2. The number of nitrogen functional groups attached to an aromatic ring is 1. The van der Waals surface area contributed by atoms with E-state index in [-0.39, 0.29) is 12.4 Å². The third-order valence-corrected chi connectivity index (χ3v) is 4.81. The Morgan fingerprint density at radius 2 is 2.20 bits per heavy atom. The Morgan fingerprint density at radius 3 is 2.80 bits per heavy atom. The molecule has 0 amide bonds. The zero-order valence-corrected chi connectivity index (χ0v) is 13.4. The van der Waals surface area contributed by atoms with Gasteiger partial charge in [-0.15, -0.1) is 11.3 Å². The highest BCUT2D eigenvalue weighted by Crippen LogP contribution is 2.42. The average molecular weight is 358 g/mol. The van der Waals surface area contributed by atoms with E-state index in [4.69, 9.17) is 10.5 Å².